The average Bonchev–Trinajstić information content (AvgIpc) is 2.82. The predicted molar refractivity (Wildman–Crippen MR) is 123 cm³/mol. The molecule has 1 atom stereocenters. The van der Waals surface area contributed by atoms with Gasteiger partial charge in [-0.3, -0.25) is 4.79 Å². The second-order valence-electron chi connectivity index (χ2n) is 9.07. The topological polar surface area (TPSA) is 113 Å². The van der Waals surface area contributed by atoms with Crippen molar-refractivity contribution < 1.29 is 24.5 Å². The second kappa shape index (κ2) is 9.13. The second-order valence-corrected chi connectivity index (χ2v) is 9.07. The van der Waals surface area contributed by atoms with Gasteiger partial charge < -0.3 is 30.3 Å². The lowest BCUT2D eigenvalue weighted by atomic mass is 9.78. The summed E-state index contributed by atoms with van der Waals surface area (Å²) < 4.78 is 11.0. The number of pyridine rings is 1. The van der Waals surface area contributed by atoms with Gasteiger partial charge in [0.25, 0.3) is 5.91 Å². The van der Waals surface area contributed by atoms with Gasteiger partial charge in [-0.2, -0.15) is 0 Å². The molecule has 4 N–H and O–H groups in total. The largest absolute Gasteiger partial charge is 0.480 e. The number of aromatic nitrogens is 1. The van der Waals surface area contributed by atoms with Crippen molar-refractivity contribution >= 4 is 17.8 Å². The number of aliphatic hydroxyl groups excluding tert-OH is 1. The van der Waals surface area contributed by atoms with Crippen molar-refractivity contribution in [1.29, 1.82) is 0 Å². The van der Waals surface area contributed by atoms with Crippen molar-refractivity contribution in [3.63, 3.8) is 0 Å². The molecule has 1 saturated carbocycles. The Labute approximate surface area is 192 Å². The molecule has 0 spiro atoms. The molecular weight excluding hydrogens is 422 g/mol. The Morgan fingerprint density at radius 2 is 2.06 bits per heavy atom. The number of para-hydroxylation sites is 1. The van der Waals surface area contributed by atoms with Crippen molar-refractivity contribution in [2.24, 2.45) is 0 Å². The summed E-state index contributed by atoms with van der Waals surface area (Å²) in [5.41, 5.74) is 2.11. The van der Waals surface area contributed by atoms with Crippen LogP contribution in [0.25, 0.3) is 6.08 Å². The minimum Gasteiger partial charge on any atom is -0.480 e. The molecule has 8 nitrogen and oxygen atoms in total. The number of nitrogens with zero attached hydrogens (tertiary/aromatic N) is 1. The van der Waals surface area contributed by atoms with E-state index in [1.54, 1.807) is 6.08 Å². The number of aliphatic hydroxyl groups is 2. The van der Waals surface area contributed by atoms with Crippen LogP contribution in [-0.2, 0) is 17.8 Å². The summed E-state index contributed by atoms with van der Waals surface area (Å²) in [5, 5.41) is 27.2. The number of benzene rings is 1. The molecule has 8 heteroatoms. The quantitative estimate of drug-likeness (QED) is 0.534. The molecule has 5 rings (SSSR count). The van der Waals surface area contributed by atoms with E-state index in [2.05, 4.69) is 15.6 Å². The number of amides is 1. The van der Waals surface area contributed by atoms with Crippen LogP contribution in [0.15, 0.2) is 36.4 Å². The SMILES string of the molecule is O=C1COc2ccc(CNC3CCC(O)(CCc4cccc5c4OC(O)C=C5)CC3)nc2N1. The number of fused-ring (bicyclic) bond motifs is 2. The van der Waals surface area contributed by atoms with E-state index in [0.717, 1.165) is 42.5 Å². The standard InChI is InChI=1S/C25H29N3O5/c29-21-15-32-20-6-5-19(27-24(20)28-21)14-26-18-9-12-25(31,13-10-18)11-8-17-3-1-2-16-4-7-22(30)33-23(16)17/h1-7,18,22,26,30-31H,8-15H2,(H,27,28,29). The number of hydrogen-bond donors (Lipinski definition) is 4. The lowest BCUT2D eigenvalue weighted by molar-refractivity contribution is -0.118. The third-order valence-electron chi connectivity index (χ3n) is 6.69. The smallest absolute Gasteiger partial charge is 0.263 e. The highest BCUT2D eigenvalue weighted by atomic mass is 16.6. The van der Waals surface area contributed by atoms with Crippen LogP contribution in [0.1, 0.15) is 48.9 Å². The third-order valence-corrected chi connectivity index (χ3v) is 6.69. The van der Waals surface area contributed by atoms with Gasteiger partial charge in [-0.1, -0.05) is 18.2 Å². The first kappa shape index (κ1) is 21.9. The molecule has 1 aromatic heterocycles. The number of carbonyl (C=O) groups is 1. The van der Waals surface area contributed by atoms with Crippen LogP contribution < -0.4 is 20.1 Å². The first-order valence-corrected chi connectivity index (χ1v) is 11.5. The maximum atomic E-state index is 11.5. The third kappa shape index (κ3) is 5.03. The number of rotatable bonds is 6. The molecule has 174 valence electrons. The van der Waals surface area contributed by atoms with Gasteiger partial charge >= 0.3 is 0 Å². The minimum absolute atomic E-state index is 0.0238. The molecule has 0 radical (unpaired) electrons. The highest BCUT2D eigenvalue weighted by Gasteiger charge is 2.33. The maximum absolute atomic E-state index is 11.5. The number of ether oxygens (including phenoxy) is 2. The monoisotopic (exact) mass is 451 g/mol. The number of carbonyl (C=O) groups excluding carboxylic acids is 1. The summed E-state index contributed by atoms with van der Waals surface area (Å²) in [5.74, 6) is 1.59. The van der Waals surface area contributed by atoms with E-state index in [1.807, 2.05) is 36.4 Å². The summed E-state index contributed by atoms with van der Waals surface area (Å²) in [6, 6.07) is 9.99. The molecule has 2 aromatic rings. The normalized spacial score (nSPS) is 25.9. The summed E-state index contributed by atoms with van der Waals surface area (Å²) in [7, 11) is 0. The zero-order valence-corrected chi connectivity index (χ0v) is 18.4. The summed E-state index contributed by atoms with van der Waals surface area (Å²) in [6.45, 7) is 0.617. The Balaban J connectivity index is 1.12. The Morgan fingerprint density at radius 1 is 1.21 bits per heavy atom. The van der Waals surface area contributed by atoms with Crippen LogP contribution in [0.3, 0.4) is 0 Å². The van der Waals surface area contributed by atoms with E-state index in [9.17, 15) is 15.0 Å². The Hall–Kier alpha value is -2.94. The van der Waals surface area contributed by atoms with Gasteiger partial charge in [0, 0.05) is 18.2 Å². The predicted octanol–water partition coefficient (Wildman–Crippen LogP) is 2.53. The number of nitrogens with one attached hydrogen (secondary N) is 2. The Bertz CT molecular complexity index is 1060. The van der Waals surface area contributed by atoms with E-state index < -0.39 is 11.9 Å². The van der Waals surface area contributed by atoms with Crippen LogP contribution in [-0.4, -0.2) is 45.6 Å². The average molecular weight is 452 g/mol. The molecule has 1 amide bonds. The van der Waals surface area contributed by atoms with Crippen molar-refractivity contribution in [3.8, 4) is 11.5 Å². The van der Waals surface area contributed by atoms with Gasteiger partial charge in [0.1, 0.15) is 5.75 Å². The van der Waals surface area contributed by atoms with Gasteiger partial charge in [-0.15, -0.1) is 0 Å². The molecule has 1 aliphatic carbocycles. The Kier molecular flexibility index (Phi) is 6.05. The molecule has 1 fully saturated rings. The molecule has 1 aromatic carbocycles. The van der Waals surface area contributed by atoms with Gasteiger partial charge in [0.15, 0.2) is 18.2 Å². The van der Waals surface area contributed by atoms with E-state index in [4.69, 9.17) is 9.47 Å². The lowest BCUT2D eigenvalue weighted by Crippen LogP contribution is -2.41. The van der Waals surface area contributed by atoms with Crippen LogP contribution in [0.4, 0.5) is 5.82 Å². The lowest BCUT2D eigenvalue weighted by Gasteiger charge is -2.36. The Morgan fingerprint density at radius 3 is 2.91 bits per heavy atom. The highest BCUT2D eigenvalue weighted by Crippen LogP contribution is 2.36. The van der Waals surface area contributed by atoms with E-state index in [0.29, 0.717) is 42.7 Å². The van der Waals surface area contributed by atoms with E-state index in [1.165, 1.54) is 0 Å². The molecule has 1 unspecified atom stereocenters. The van der Waals surface area contributed by atoms with Crippen molar-refractivity contribution in [1.82, 2.24) is 10.3 Å². The first-order valence-electron chi connectivity index (χ1n) is 11.5. The van der Waals surface area contributed by atoms with Gasteiger partial charge in [-0.05, 0) is 68.4 Å². The highest BCUT2D eigenvalue weighted by molar-refractivity contribution is 5.94. The molecule has 33 heavy (non-hydrogen) atoms. The van der Waals surface area contributed by atoms with Crippen LogP contribution in [0, 0.1) is 0 Å². The van der Waals surface area contributed by atoms with Crippen molar-refractivity contribution in [2.45, 2.75) is 63.0 Å². The molecule has 3 aliphatic rings. The van der Waals surface area contributed by atoms with Gasteiger partial charge in [-0.25, -0.2) is 4.98 Å². The number of aryl methyl sites for hydroxylation is 1. The zero-order chi connectivity index (χ0) is 22.8. The van der Waals surface area contributed by atoms with Gasteiger partial charge in [0.05, 0.1) is 11.3 Å². The summed E-state index contributed by atoms with van der Waals surface area (Å²) >= 11 is 0. The summed E-state index contributed by atoms with van der Waals surface area (Å²) in [6.07, 6.45) is 7.15. The summed E-state index contributed by atoms with van der Waals surface area (Å²) in [4.78, 5) is 16.0. The zero-order valence-electron chi connectivity index (χ0n) is 18.4. The van der Waals surface area contributed by atoms with Gasteiger partial charge in [0.2, 0.25) is 6.29 Å². The van der Waals surface area contributed by atoms with E-state index >= 15 is 0 Å². The van der Waals surface area contributed by atoms with Crippen LogP contribution in [0.2, 0.25) is 0 Å². The van der Waals surface area contributed by atoms with Crippen LogP contribution >= 0.6 is 0 Å². The van der Waals surface area contributed by atoms with Crippen molar-refractivity contribution in [3.05, 3.63) is 53.2 Å². The van der Waals surface area contributed by atoms with Crippen molar-refractivity contribution in [2.75, 3.05) is 11.9 Å². The number of hydrogen-bond acceptors (Lipinski definition) is 7. The molecular formula is C25H29N3O5. The number of anilines is 1. The maximum Gasteiger partial charge on any atom is 0.263 e. The fraction of sp³-hybridized carbons (Fsp3) is 0.440. The van der Waals surface area contributed by atoms with Crippen LogP contribution in [0.5, 0.6) is 11.5 Å². The molecule has 2 aliphatic heterocycles. The fourth-order valence-corrected chi connectivity index (χ4v) is 4.75. The first-order chi connectivity index (χ1) is 16.0. The van der Waals surface area contributed by atoms with E-state index in [-0.39, 0.29) is 12.5 Å². The fourth-order valence-electron chi connectivity index (χ4n) is 4.75. The molecule has 3 heterocycles. The molecule has 0 saturated heterocycles. The minimum atomic E-state index is -0.920. The molecule has 0 bridgehead atoms.